The summed E-state index contributed by atoms with van der Waals surface area (Å²) in [5.41, 5.74) is -0.220. The minimum atomic E-state index is -3.39. The van der Waals surface area contributed by atoms with Gasteiger partial charge in [0.2, 0.25) is 10.0 Å². The van der Waals surface area contributed by atoms with Gasteiger partial charge in [-0.25, -0.2) is 13.6 Å². The van der Waals surface area contributed by atoms with Gasteiger partial charge in [0.25, 0.3) is 0 Å². The summed E-state index contributed by atoms with van der Waals surface area (Å²) >= 11 is 0. The molecule has 0 aromatic carbocycles. The first kappa shape index (κ1) is 12.9. The van der Waals surface area contributed by atoms with Gasteiger partial charge in [-0.15, -0.1) is 0 Å². The average Bonchev–Trinajstić information content (AvgIpc) is 2.14. The first-order valence-electron chi connectivity index (χ1n) is 5.56. The monoisotopic (exact) mass is 235 g/mol. The minimum absolute atomic E-state index is 0.0694. The highest BCUT2D eigenvalue weighted by molar-refractivity contribution is 7.89. The molecule has 1 aliphatic rings. The zero-order valence-electron chi connectivity index (χ0n) is 9.37. The predicted octanol–water partition coefficient (Wildman–Crippen LogP) is 1.26. The molecule has 0 aromatic heterocycles. The van der Waals surface area contributed by atoms with Gasteiger partial charge in [-0.1, -0.05) is 19.3 Å². The van der Waals surface area contributed by atoms with E-state index in [0.717, 1.165) is 25.7 Å². The van der Waals surface area contributed by atoms with Crippen LogP contribution in [0.2, 0.25) is 0 Å². The first-order valence-corrected chi connectivity index (χ1v) is 7.27. The van der Waals surface area contributed by atoms with E-state index in [1.165, 1.54) is 6.42 Å². The maximum Gasteiger partial charge on any atom is 0.209 e. The molecule has 1 saturated carbocycles. The van der Waals surface area contributed by atoms with E-state index in [-0.39, 0.29) is 11.2 Å². The van der Waals surface area contributed by atoms with Gasteiger partial charge in [-0.05, 0) is 19.8 Å². The molecular formula is C10H21NO3S. The minimum Gasteiger partial charge on any atom is -0.381 e. The molecule has 0 aromatic rings. The van der Waals surface area contributed by atoms with Gasteiger partial charge in [0, 0.05) is 12.0 Å². The molecule has 0 amide bonds. The summed E-state index contributed by atoms with van der Waals surface area (Å²) in [7, 11) is -3.39. The van der Waals surface area contributed by atoms with Crippen molar-refractivity contribution in [3.63, 3.8) is 0 Å². The van der Waals surface area contributed by atoms with Crippen LogP contribution in [-0.4, -0.2) is 27.4 Å². The highest BCUT2D eigenvalue weighted by atomic mass is 32.2. The fourth-order valence-corrected chi connectivity index (χ4v) is 3.60. The summed E-state index contributed by atoms with van der Waals surface area (Å²) in [5.74, 6) is 0.0694. The van der Waals surface area contributed by atoms with Crippen molar-refractivity contribution in [2.45, 2.75) is 39.0 Å². The molecule has 1 aliphatic carbocycles. The first-order chi connectivity index (χ1) is 6.97. The molecule has 1 rings (SSSR count). The molecule has 0 aliphatic heterocycles. The van der Waals surface area contributed by atoms with Crippen LogP contribution in [0.3, 0.4) is 0 Å². The Hall–Kier alpha value is -0.130. The molecular weight excluding hydrogens is 214 g/mol. The lowest BCUT2D eigenvalue weighted by molar-refractivity contribution is 0.0398. The van der Waals surface area contributed by atoms with Gasteiger partial charge in [0.05, 0.1) is 12.4 Å². The quantitative estimate of drug-likeness (QED) is 0.780. The second kappa shape index (κ2) is 5.27. The van der Waals surface area contributed by atoms with E-state index in [1.807, 2.05) is 6.92 Å². The van der Waals surface area contributed by atoms with E-state index < -0.39 is 10.0 Å². The number of nitrogens with two attached hydrogens (primary N) is 1. The van der Waals surface area contributed by atoms with E-state index in [2.05, 4.69) is 0 Å². The van der Waals surface area contributed by atoms with E-state index >= 15 is 0 Å². The van der Waals surface area contributed by atoms with Gasteiger partial charge >= 0.3 is 0 Å². The summed E-state index contributed by atoms with van der Waals surface area (Å²) in [6, 6.07) is 0. The van der Waals surface area contributed by atoms with Crippen LogP contribution >= 0.6 is 0 Å². The van der Waals surface area contributed by atoms with Gasteiger partial charge in [-0.2, -0.15) is 0 Å². The highest BCUT2D eigenvalue weighted by Gasteiger charge is 2.35. The number of sulfonamides is 1. The summed E-state index contributed by atoms with van der Waals surface area (Å²) in [4.78, 5) is 0. The van der Waals surface area contributed by atoms with E-state index in [4.69, 9.17) is 9.88 Å². The number of rotatable bonds is 5. The maximum atomic E-state index is 11.2. The van der Waals surface area contributed by atoms with Crippen LogP contribution in [0, 0.1) is 5.41 Å². The smallest absolute Gasteiger partial charge is 0.209 e. The Labute approximate surface area is 92.2 Å². The largest absolute Gasteiger partial charge is 0.381 e. The van der Waals surface area contributed by atoms with Crippen LogP contribution in [0.15, 0.2) is 0 Å². The van der Waals surface area contributed by atoms with E-state index in [1.54, 1.807) is 0 Å². The van der Waals surface area contributed by atoms with Crippen molar-refractivity contribution >= 4 is 10.0 Å². The van der Waals surface area contributed by atoms with Crippen molar-refractivity contribution in [2.75, 3.05) is 19.0 Å². The Bertz CT molecular complexity index is 281. The molecule has 2 N–H and O–H groups in total. The standard InChI is InChI=1S/C10H21NO3S/c1-2-14-8-10(9-15(11,12)13)6-4-3-5-7-10/h2-9H2,1H3,(H2,11,12,13). The summed E-state index contributed by atoms with van der Waals surface area (Å²) in [6.07, 6.45) is 5.20. The van der Waals surface area contributed by atoms with E-state index in [0.29, 0.717) is 13.2 Å². The zero-order valence-corrected chi connectivity index (χ0v) is 10.2. The van der Waals surface area contributed by atoms with Crippen molar-refractivity contribution in [1.29, 1.82) is 0 Å². The van der Waals surface area contributed by atoms with Crippen LogP contribution in [0.5, 0.6) is 0 Å². The molecule has 90 valence electrons. The topological polar surface area (TPSA) is 69.4 Å². The summed E-state index contributed by atoms with van der Waals surface area (Å²) < 4.78 is 27.8. The van der Waals surface area contributed by atoms with Crippen molar-refractivity contribution < 1.29 is 13.2 Å². The molecule has 0 unspecified atom stereocenters. The van der Waals surface area contributed by atoms with Gasteiger partial charge in [0.1, 0.15) is 0 Å². The fourth-order valence-electron chi connectivity index (χ4n) is 2.38. The fraction of sp³-hybridized carbons (Fsp3) is 1.00. The number of primary sulfonamides is 1. The lowest BCUT2D eigenvalue weighted by Gasteiger charge is -2.36. The normalized spacial score (nSPS) is 21.5. The van der Waals surface area contributed by atoms with Crippen molar-refractivity contribution in [3.05, 3.63) is 0 Å². The average molecular weight is 235 g/mol. The molecule has 0 spiro atoms. The van der Waals surface area contributed by atoms with Crippen LogP contribution in [0.25, 0.3) is 0 Å². The van der Waals surface area contributed by atoms with Crippen LogP contribution in [0.1, 0.15) is 39.0 Å². The molecule has 0 bridgehead atoms. The lowest BCUT2D eigenvalue weighted by atomic mass is 9.76. The molecule has 0 saturated heterocycles. The second-order valence-electron chi connectivity index (χ2n) is 4.50. The molecule has 0 heterocycles. The number of ether oxygens (including phenoxy) is 1. The van der Waals surface area contributed by atoms with Gasteiger partial charge < -0.3 is 4.74 Å². The maximum absolute atomic E-state index is 11.2. The Morgan fingerprint density at radius 2 is 1.87 bits per heavy atom. The molecule has 5 heteroatoms. The predicted molar refractivity (Wildman–Crippen MR) is 60.0 cm³/mol. The Morgan fingerprint density at radius 3 is 2.33 bits per heavy atom. The highest BCUT2D eigenvalue weighted by Crippen LogP contribution is 2.37. The molecule has 4 nitrogen and oxygen atoms in total. The summed E-state index contributed by atoms with van der Waals surface area (Å²) in [6.45, 7) is 3.08. The van der Waals surface area contributed by atoms with Crippen molar-refractivity contribution in [3.8, 4) is 0 Å². The summed E-state index contributed by atoms with van der Waals surface area (Å²) in [5, 5.41) is 5.14. The zero-order chi connectivity index (χ0) is 11.4. The Balaban J connectivity index is 2.66. The molecule has 1 fully saturated rings. The van der Waals surface area contributed by atoms with E-state index in [9.17, 15) is 8.42 Å². The van der Waals surface area contributed by atoms with Gasteiger partial charge in [-0.3, -0.25) is 0 Å². The third-order valence-electron chi connectivity index (χ3n) is 3.03. The Morgan fingerprint density at radius 1 is 1.27 bits per heavy atom. The van der Waals surface area contributed by atoms with Crippen LogP contribution in [-0.2, 0) is 14.8 Å². The van der Waals surface area contributed by atoms with Crippen LogP contribution in [0.4, 0.5) is 0 Å². The lowest BCUT2D eigenvalue weighted by Crippen LogP contribution is -2.39. The Kier molecular flexibility index (Phi) is 4.55. The van der Waals surface area contributed by atoms with Gasteiger partial charge in [0.15, 0.2) is 0 Å². The number of hydrogen-bond acceptors (Lipinski definition) is 3. The molecule has 0 radical (unpaired) electrons. The molecule has 0 atom stereocenters. The second-order valence-corrected chi connectivity index (χ2v) is 6.12. The molecule has 15 heavy (non-hydrogen) atoms. The third kappa shape index (κ3) is 4.49. The van der Waals surface area contributed by atoms with Crippen LogP contribution < -0.4 is 5.14 Å². The van der Waals surface area contributed by atoms with Crippen molar-refractivity contribution in [2.24, 2.45) is 10.6 Å². The number of hydrogen-bond donors (Lipinski definition) is 1. The third-order valence-corrected chi connectivity index (χ3v) is 4.05. The SMILES string of the molecule is CCOCC1(CS(N)(=O)=O)CCCCC1. The van der Waals surface area contributed by atoms with Crippen molar-refractivity contribution in [1.82, 2.24) is 0 Å².